The van der Waals surface area contributed by atoms with Gasteiger partial charge in [0.1, 0.15) is 0 Å². The Morgan fingerprint density at radius 2 is 1.71 bits per heavy atom. The van der Waals surface area contributed by atoms with E-state index in [4.69, 9.17) is 14.2 Å². The lowest BCUT2D eigenvalue weighted by Gasteiger charge is -2.38. The molecule has 164 valence electrons. The number of hydrogen-bond acceptors (Lipinski definition) is 5. The zero-order chi connectivity index (χ0) is 21.5. The fourth-order valence-electron chi connectivity index (χ4n) is 3.90. The number of ether oxygens (including phenoxy) is 3. The number of carbonyl (C=O) groups excluding carboxylic acids is 2. The second-order valence-corrected chi connectivity index (χ2v) is 7.73. The first-order valence-electron chi connectivity index (χ1n) is 10.5. The number of para-hydroxylation sites is 1. The molecule has 2 aliphatic rings. The fourth-order valence-corrected chi connectivity index (χ4v) is 3.90. The summed E-state index contributed by atoms with van der Waals surface area (Å²) in [5, 5.41) is 8.48. The Labute approximate surface area is 181 Å². The number of urea groups is 1. The number of benzene rings is 2. The smallest absolute Gasteiger partial charge is 0.319 e. The lowest BCUT2D eigenvalue weighted by molar-refractivity contribution is -0.121. The summed E-state index contributed by atoms with van der Waals surface area (Å²) in [6.07, 6.45) is 1.82. The second-order valence-electron chi connectivity index (χ2n) is 7.73. The molecule has 4 rings (SSSR count). The molecule has 0 aliphatic carbocycles. The van der Waals surface area contributed by atoms with Crippen molar-refractivity contribution in [2.45, 2.75) is 24.7 Å². The van der Waals surface area contributed by atoms with Gasteiger partial charge in [0.2, 0.25) is 12.7 Å². The minimum atomic E-state index is -0.333. The van der Waals surface area contributed by atoms with Gasteiger partial charge in [-0.2, -0.15) is 0 Å². The molecule has 2 aromatic rings. The first-order valence-corrected chi connectivity index (χ1v) is 10.5. The van der Waals surface area contributed by atoms with E-state index in [-0.39, 0.29) is 37.1 Å². The molecule has 2 aromatic carbocycles. The van der Waals surface area contributed by atoms with Crippen LogP contribution in [0.3, 0.4) is 0 Å². The third-order valence-electron chi connectivity index (χ3n) is 5.73. The predicted octanol–water partition coefficient (Wildman–Crippen LogP) is 2.79. The van der Waals surface area contributed by atoms with Gasteiger partial charge >= 0.3 is 6.03 Å². The van der Waals surface area contributed by atoms with Gasteiger partial charge in [0.25, 0.3) is 0 Å². The molecule has 1 fully saturated rings. The van der Waals surface area contributed by atoms with Gasteiger partial charge in [-0.1, -0.05) is 24.3 Å². The molecule has 0 saturated carbocycles. The Morgan fingerprint density at radius 1 is 0.935 bits per heavy atom. The number of carbonyl (C=O) groups is 2. The van der Waals surface area contributed by atoms with Crippen molar-refractivity contribution in [1.82, 2.24) is 10.6 Å². The van der Waals surface area contributed by atoms with Crippen molar-refractivity contribution in [3.05, 3.63) is 54.1 Å². The number of amides is 3. The molecular weight excluding hydrogens is 398 g/mol. The normalized spacial score (nSPS) is 16.4. The minimum absolute atomic E-state index is 0.105. The number of anilines is 1. The van der Waals surface area contributed by atoms with Crippen LogP contribution in [0.4, 0.5) is 10.5 Å². The highest BCUT2D eigenvalue weighted by atomic mass is 16.7. The van der Waals surface area contributed by atoms with Gasteiger partial charge in [-0.3, -0.25) is 4.79 Å². The number of hydrogen-bond donors (Lipinski definition) is 3. The Hall–Kier alpha value is -3.26. The van der Waals surface area contributed by atoms with E-state index in [2.05, 4.69) is 16.0 Å². The van der Waals surface area contributed by atoms with E-state index in [1.807, 2.05) is 36.4 Å². The largest absolute Gasteiger partial charge is 0.454 e. The third-order valence-corrected chi connectivity index (χ3v) is 5.73. The Morgan fingerprint density at radius 3 is 2.52 bits per heavy atom. The summed E-state index contributed by atoms with van der Waals surface area (Å²) in [5.41, 5.74) is 1.60. The Kier molecular flexibility index (Phi) is 6.57. The zero-order valence-electron chi connectivity index (χ0n) is 17.3. The molecule has 2 heterocycles. The number of nitrogens with one attached hydrogen (secondary N) is 3. The van der Waals surface area contributed by atoms with Crippen molar-refractivity contribution in [2.24, 2.45) is 0 Å². The molecule has 0 aromatic heterocycles. The number of rotatable bonds is 7. The summed E-state index contributed by atoms with van der Waals surface area (Å²) < 4.78 is 16.5. The molecule has 8 nitrogen and oxygen atoms in total. The van der Waals surface area contributed by atoms with E-state index in [9.17, 15) is 9.59 Å². The maximum Gasteiger partial charge on any atom is 0.319 e. The molecule has 0 spiro atoms. The van der Waals surface area contributed by atoms with E-state index in [1.165, 1.54) is 0 Å². The fraction of sp³-hybridized carbons (Fsp3) is 0.391. The standard InChI is InChI=1S/C23H27N3O5/c27-21(8-11-24-22(28)26-18-4-2-1-3-5-18)25-15-23(9-12-29-13-10-23)17-6-7-19-20(14-17)31-16-30-19/h1-7,14H,8-13,15-16H2,(H,25,27)(H2,24,26,28). The summed E-state index contributed by atoms with van der Waals surface area (Å²) in [5.74, 6) is 1.38. The Balaban J connectivity index is 1.28. The minimum Gasteiger partial charge on any atom is -0.454 e. The average Bonchev–Trinajstić information content (AvgIpc) is 3.27. The SMILES string of the molecule is O=C(CCNC(=O)Nc1ccccc1)NCC1(c2ccc3c(c2)OCO3)CCOCC1. The van der Waals surface area contributed by atoms with Gasteiger partial charge in [0.15, 0.2) is 11.5 Å². The van der Waals surface area contributed by atoms with Crippen LogP contribution < -0.4 is 25.4 Å². The third kappa shape index (κ3) is 5.27. The maximum absolute atomic E-state index is 12.4. The molecule has 1 saturated heterocycles. The van der Waals surface area contributed by atoms with Crippen molar-refractivity contribution in [2.75, 3.05) is 38.4 Å². The molecule has 0 bridgehead atoms. The summed E-state index contributed by atoms with van der Waals surface area (Å²) in [6.45, 7) is 2.28. The molecule has 0 unspecified atom stereocenters. The van der Waals surface area contributed by atoms with Crippen molar-refractivity contribution in [3.8, 4) is 11.5 Å². The highest BCUT2D eigenvalue weighted by Crippen LogP contribution is 2.40. The van der Waals surface area contributed by atoms with Crippen molar-refractivity contribution >= 4 is 17.6 Å². The molecule has 3 N–H and O–H groups in total. The lowest BCUT2D eigenvalue weighted by Crippen LogP contribution is -2.45. The average molecular weight is 425 g/mol. The van der Waals surface area contributed by atoms with E-state index in [1.54, 1.807) is 12.1 Å². The van der Waals surface area contributed by atoms with Crippen molar-refractivity contribution < 1.29 is 23.8 Å². The van der Waals surface area contributed by atoms with Crippen LogP contribution in [0, 0.1) is 0 Å². The summed E-state index contributed by atoms with van der Waals surface area (Å²) in [6, 6.07) is 14.8. The van der Waals surface area contributed by atoms with Crippen LogP contribution in [-0.4, -0.2) is 45.0 Å². The van der Waals surface area contributed by atoms with Gasteiger partial charge < -0.3 is 30.2 Å². The van der Waals surface area contributed by atoms with Crippen LogP contribution in [0.25, 0.3) is 0 Å². The highest BCUT2D eigenvalue weighted by Gasteiger charge is 2.36. The maximum atomic E-state index is 12.4. The molecule has 3 amide bonds. The van der Waals surface area contributed by atoms with E-state index >= 15 is 0 Å². The van der Waals surface area contributed by atoms with Gasteiger partial charge in [0, 0.05) is 43.8 Å². The summed E-state index contributed by atoms with van der Waals surface area (Å²) in [7, 11) is 0. The zero-order valence-corrected chi connectivity index (χ0v) is 17.3. The number of fused-ring (bicyclic) bond motifs is 1. The van der Waals surface area contributed by atoms with Crippen LogP contribution in [0.2, 0.25) is 0 Å². The lowest BCUT2D eigenvalue weighted by atomic mass is 9.74. The molecule has 8 heteroatoms. The quantitative estimate of drug-likeness (QED) is 0.634. The molecule has 0 radical (unpaired) electrons. The van der Waals surface area contributed by atoms with Crippen LogP contribution in [-0.2, 0) is 14.9 Å². The topological polar surface area (TPSA) is 97.9 Å². The van der Waals surface area contributed by atoms with Crippen LogP contribution >= 0.6 is 0 Å². The molecule has 2 aliphatic heterocycles. The van der Waals surface area contributed by atoms with Crippen molar-refractivity contribution in [1.29, 1.82) is 0 Å². The highest BCUT2D eigenvalue weighted by molar-refractivity contribution is 5.89. The predicted molar refractivity (Wildman–Crippen MR) is 115 cm³/mol. The first-order chi connectivity index (χ1) is 15.1. The van der Waals surface area contributed by atoms with E-state index in [0.717, 1.165) is 29.9 Å². The Bertz CT molecular complexity index is 913. The molecular formula is C23H27N3O5. The molecule has 0 atom stereocenters. The molecule has 31 heavy (non-hydrogen) atoms. The second kappa shape index (κ2) is 9.70. The van der Waals surface area contributed by atoms with E-state index < -0.39 is 0 Å². The van der Waals surface area contributed by atoms with Crippen molar-refractivity contribution in [3.63, 3.8) is 0 Å². The van der Waals surface area contributed by atoms with Gasteiger partial charge in [-0.25, -0.2) is 4.79 Å². The van der Waals surface area contributed by atoms with Crippen LogP contribution in [0.1, 0.15) is 24.8 Å². The van der Waals surface area contributed by atoms with Gasteiger partial charge in [0.05, 0.1) is 0 Å². The summed E-state index contributed by atoms with van der Waals surface area (Å²) >= 11 is 0. The van der Waals surface area contributed by atoms with Crippen LogP contribution in [0.15, 0.2) is 48.5 Å². The van der Waals surface area contributed by atoms with Crippen LogP contribution in [0.5, 0.6) is 11.5 Å². The van der Waals surface area contributed by atoms with Gasteiger partial charge in [-0.15, -0.1) is 0 Å². The van der Waals surface area contributed by atoms with E-state index in [0.29, 0.717) is 25.4 Å². The summed E-state index contributed by atoms with van der Waals surface area (Å²) in [4.78, 5) is 24.4. The first kappa shape index (κ1) is 21.0. The monoisotopic (exact) mass is 425 g/mol. The van der Waals surface area contributed by atoms with Gasteiger partial charge in [-0.05, 0) is 42.7 Å².